The Morgan fingerprint density at radius 1 is 1.20 bits per heavy atom. The summed E-state index contributed by atoms with van der Waals surface area (Å²) in [6.45, 7) is 13.2. The number of hydrogen-bond acceptors (Lipinski definition) is 2. The Labute approximate surface area is 123 Å². The highest BCUT2D eigenvalue weighted by Gasteiger charge is 2.59. The fraction of sp³-hybridized carbons (Fsp3) is 0.529. The Morgan fingerprint density at radius 3 is 2.20 bits per heavy atom. The minimum atomic E-state index is -1.89. The molecule has 1 aliphatic heterocycles. The van der Waals surface area contributed by atoms with Crippen LogP contribution in [-0.4, -0.2) is 20.2 Å². The first-order valence-electron chi connectivity index (χ1n) is 7.12. The normalized spacial score (nSPS) is 25.8. The molecule has 0 N–H and O–H groups in total. The molecule has 1 fully saturated rings. The summed E-state index contributed by atoms with van der Waals surface area (Å²) in [5, 5.41) is 0.153. The van der Waals surface area contributed by atoms with Gasteiger partial charge in [-0.2, -0.15) is 0 Å². The van der Waals surface area contributed by atoms with Crippen LogP contribution >= 0.6 is 0 Å². The number of ether oxygens (including phenoxy) is 1. The summed E-state index contributed by atoms with van der Waals surface area (Å²) in [6.07, 6.45) is 0.0489. The van der Waals surface area contributed by atoms with Gasteiger partial charge in [-0.25, -0.2) is 0 Å². The third-order valence-electron chi connectivity index (χ3n) is 4.20. The topological polar surface area (TPSA) is 21.8 Å². The molecule has 2 rings (SSSR count). The second-order valence-electron chi connectivity index (χ2n) is 6.91. The van der Waals surface area contributed by atoms with Crippen molar-refractivity contribution in [1.82, 2.24) is 0 Å². The van der Waals surface area contributed by atoms with E-state index in [-0.39, 0.29) is 11.1 Å². The Balaban J connectivity index is 2.19. The first-order chi connectivity index (χ1) is 9.16. The third kappa shape index (κ3) is 3.14. The van der Waals surface area contributed by atoms with E-state index in [1.165, 1.54) is 0 Å². The maximum absolute atomic E-state index is 6.38. The molecule has 1 saturated heterocycles. The van der Waals surface area contributed by atoms with E-state index in [2.05, 4.69) is 45.7 Å². The lowest BCUT2D eigenvalue weighted by Crippen LogP contribution is -2.45. The van der Waals surface area contributed by atoms with Crippen LogP contribution in [0.15, 0.2) is 30.3 Å². The van der Waals surface area contributed by atoms with E-state index in [1.54, 1.807) is 0 Å². The molecule has 1 heterocycles. The smallest absolute Gasteiger partial charge is 0.252 e. The van der Waals surface area contributed by atoms with Crippen LogP contribution in [0.2, 0.25) is 18.1 Å². The molecule has 2 atom stereocenters. The van der Waals surface area contributed by atoms with Crippen molar-refractivity contribution in [3.63, 3.8) is 0 Å². The van der Waals surface area contributed by atoms with Crippen molar-refractivity contribution in [1.29, 1.82) is 0 Å². The van der Waals surface area contributed by atoms with Crippen LogP contribution in [0.25, 0.3) is 0 Å². The van der Waals surface area contributed by atoms with Crippen LogP contribution in [-0.2, 0) is 9.16 Å². The molecule has 1 aliphatic rings. The van der Waals surface area contributed by atoms with Gasteiger partial charge in [0, 0.05) is 5.56 Å². The molecular formula is C17H24O2Si. The Morgan fingerprint density at radius 2 is 1.75 bits per heavy atom. The Hall–Kier alpha value is -1.08. The minimum absolute atomic E-state index is 0.0489. The van der Waals surface area contributed by atoms with Crippen LogP contribution in [0.1, 0.15) is 33.3 Å². The molecule has 0 aromatic heterocycles. The van der Waals surface area contributed by atoms with Crippen molar-refractivity contribution in [2.75, 3.05) is 0 Å². The lowest BCUT2D eigenvalue weighted by Gasteiger charge is -2.37. The lowest BCUT2D eigenvalue weighted by molar-refractivity contribution is 0.101. The molecule has 1 aromatic carbocycles. The van der Waals surface area contributed by atoms with E-state index in [0.29, 0.717) is 0 Å². The highest BCUT2D eigenvalue weighted by atomic mass is 28.4. The van der Waals surface area contributed by atoms with Gasteiger partial charge in [-0.15, -0.1) is 0 Å². The zero-order chi connectivity index (χ0) is 15.0. The molecule has 0 aliphatic carbocycles. The number of rotatable bonds is 2. The quantitative estimate of drug-likeness (QED) is 0.463. The van der Waals surface area contributed by atoms with E-state index in [1.807, 2.05) is 37.3 Å². The summed E-state index contributed by atoms with van der Waals surface area (Å²) in [7, 11) is -1.89. The molecule has 0 radical (unpaired) electrons. The van der Waals surface area contributed by atoms with Gasteiger partial charge >= 0.3 is 0 Å². The maximum Gasteiger partial charge on any atom is 0.252 e. The van der Waals surface area contributed by atoms with E-state index >= 15 is 0 Å². The predicted molar refractivity (Wildman–Crippen MR) is 84.9 cm³/mol. The van der Waals surface area contributed by atoms with Gasteiger partial charge in [0.15, 0.2) is 8.32 Å². The minimum Gasteiger partial charge on any atom is -0.379 e. The van der Waals surface area contributed by atoms with Gasteiger partial charge in [0.25, 0.3) is 5.79 Å². The van der Waals surface area contributed by atoms with Crippen molar-refractivity contribution in [2.24, 2.45) is 0 Å². The largest absolute Gasteiger partial charge is 0.379 e. The average molecular weight is 288 g/mol. The molecule has 0 saturated carbocycles. The van der Waals surface area contributed by atoms with Crippen molar-refractivity contribution < 1.29 is 9.16 Å². The Kier molecular flexibility index (Phi) is 3.85. The number of benzene rings is 1. The van der Waals surface area contributed by atoms with E-state index in [4.69, 9.17) is 9.16 Å². The zero-order valence-corrected chi connectivity index (χ0v) is 14.3. The average Bonchev–Trinajstić information content (AvgIpc) is 2.96. The zero-order valence-electron chi connectivity index (χ0n) is 13.3. The first kappa shape index (κ1) is 15.3. The second kappa shape index (κ2) is 5.03. The molecule has 108 valence electrons. The lowest BCUT2D eigenvalue weighted by atomic mass is 10.2. The van der Waals surface area contributed by atoms with E-state index in [9.17, 15) is 0 Å². The predicted octanol–water partition coefficient (Wildman–Crippen LogP) is 4.17. The van der Waals surface area contributed by atoms with E-state index in [0.717, 1.165) is 5.56 Å². The summed E-state index contributed by atoms with van der Waals surface area (Å²) in [6, 6.07) is 9.97. The van der Waals surface area contributed by atoms with Gasteiger partial charge in [-0.3, -0.25) is 0 Å². The highest BCUT2D eigenvalue weighted by Crippen LogP contribution is 2.46. The molecule has 0 spiro atoms. The number of hydrogen-bond donors (Lipinski definition) is 0. The first-order valence-corrected chi connectivity index (χ1v) is 10.0. The van der Waals surface area contributed by atoms with Crippen molar-refractivity contribution in [2.45, 2.75) is 57.7 Å². The highest BCUT2D eigenvalue weighted by molar-refractivity contribution is 6.74. The van der Waals surface area contributed by atoms with Crippen LogP contribution < -0.4 is 0 Å². The summed E-state index contributed by atoms with van der Waals surface area (Å²) in [4.78, 5) is 0. The summed E-state index contributed by atoms with van der Waals surface area (Å²) in [5.41, 5.74) is 0.994. The SMILES string of the molecule is CC1OC1(C#Cc1ccccc1)O[Si](C)(C)C(C)(C)C. The van der Waals surface area contributed by atoms with E-state index < -0.39 is 14.1 Å². The van der Waals surface area contributed by atoms with Gasteiger partial charge in [-0.1, -0.05) is 44.9 Å². The van der Waals surface area contributed by atoms with Crippen molar-refractivity contribution >= 4 is 8.32 Å². The van der Waals surface area contributed by atoms with Gasteiger partial charge in [0.05, 0.1) is 0 Å². The summed E-state index contributed by atoms with van der Waals surface area (Å²) < 4.78 is 12.1. The number of epoxide rings is 1. The van der Waals surface area contributed by atoms with Gasteiger partial charge in [-0.05, 0) is 43.1 Å². The van der Waals surface area contributed by atoms with Crippen molar-refractivity contribution in [3.05, 3.63) is 35.9 Å². The summed E-state index contributed by atoms with van der Waals surface area (Å²) >= 11 is 0. The standard InChI is InChI=1S/C17H24O2Si/c1-14-17(18-14,19-20(5,6)16(2,3)4)13-12-15-10-8-7-9-11-15/h7-11,14H,1-6H3. The molecule has 1 aromatic rings. The Bertz CT molecular complexity index is 534. The molecule has 3 heteroatoms. The fourth-order valence-corrected chi connectivity index (χ4v) is 3.03. The van der Waals surface area contributed by atoms with Crippen LogP contribution in [0, 0.1) is 11.8 Å². The van der Waals surface area contributed by atoms with Crippen molar-refractivity contribution in [3.8, 4) is 11.8 Å². The fourth-order valence-electron chi connectivity index (χ4n) is 1.71. The molecule has 2 unspecified atom stereocenters. The molecule has 2 nitrogen and oxygen atoms in total. The van der Waals surface area contributed by atoms with Crippen LogP contribution in [0.4, 0.5) is 0 Å². The summed E-state index contributed by atoms with van der Waals surface area (Å²) in [5.74, 6) is 5.68. The van der Waals surface area contributed by atoms with Crippen LogP contribution in [0.5, 0.6) is 0 Å². The van der Waals surface area contributed by atoms with Gasteiger partial charge in [0.1, 0.15) is 6.10 Å². The molecule has 20 heavy (non-hydrogen) atoms. The third-order valence-corrected chi connectivity index (χ3v) is 8.62. The van der Waals surface area contributed by atoms with Crippen LogP contribution in [0.3, 0.4) is 0 Å². The molecule has 0 amide bonds. The van der Waals surface area contributed by atoms with Gasteiger partial charge in [0.2, 0.25) is 0 Å². The molecular weight excluding hydrogens is 264 g/mol. The second-order valence-corrected chi connectivity index (χ2v) is 11.6. The van der Waals surface area contributed by atoms with Gasteiger partial charge < -0.3 is 9.16 Å². The monoisotopic (exact) mass is 288 g/mol. The maximum atomic E-state index is 6.38. The molecule has 0 bridgehead atoms.